The molecule has 22 heavy (non-hydrogen) atoms. The van der Waals surface area contributed by atoms with Crippen molar-refractivity contribution in [2.24, 2.45) is 0 Å². The minimum Gasteiger partial charge on any atom is -0.618 e. The van der Waals surface area contributed by atoms with Crippen LogP contribution in [-0.4, -0.2) is 15.0 Å². The predicted molar refractivity (Wildman–Crippen MR) is 80.2 cm³/mol. The minimum absolute atomic E-state index is 0.384. The third-order valence-electron chi connectivity index (χ3n) is 3.05. The van der Waals surface area contributed by atoms with E-state index in [4.69, 9.17) is 4.74 Å². The number of ether oxygens (including phenoxy) is 1. The van der Waals surface area contributed by atoms with Gasteiger partial charge in [-0.15, -0.1) is 0 Å². The molecule has 0 aromatic carbocycles. The molecule has 3 aromatic rings. The lowest BCUT2D eigenvalue weighted by atomic mass is 10.2. The highest BCUT2D eigenvalue weighted by atomic mass is 16.5. The Hall–Kier alpha value is -3.02. The fourth-order valence-corrected chi connectivity index (χ4v) is 1.93. The van der Waals surface area contributed by atoms with E-state index in [1.807, 2.05) is 19.1 Å². The summed E-state index contributed by atoms with van der Waals surface area (Å²) in [5.74, 6) is 1.34. The van der Waals surface area contributed by atoms with E-state index in [1.165, 1.54) is 6.20 Å². The molecule has 0 saturated carbocycles. The maximum atomic E-state index is 11.6. The van der Waals surface area contributed by atoms with Gasteiger partial charge in [-0.2, -0.15) is 9.71 Å². The van der Waals surface area contributed by atoms with E-state index in [1.54, 1.807) is 37.5 Å². The number of aryl methyl sites for hydroxylation is 2. The fourth-order valence-electron chi connectivity index (χ4n) is 1.93. The van der Waals surface area contributed by atoms with Gasteiger partial charge >= 0.3 is 0 Å². The Labute approximate surface area is 127 Å². The fraction of sp³-hybridized carbons (Fsp3) is 0.125. The van der Waals surface area contributed by atoms with Crippen LogP contribution in [0.25, 0.3) is 11.4 Å². The highest BCUT2D eigenvalue weighted by Crippen LogP contribution is 2.22. The van der Waals surface area contributed by atoms with Gasteiger partial charge in [0.1, 0.15) is 0 Å². The highest BCUT2D eigenvalue weighted by Gasteiger charge is 2.09. The van der Waals surface area contributed by atoms with Gasteiger partial charge in [-0.1, -0.05) is 0 Å². The van der Waals surface area contributed by atoms with E-state index < -0.39 is 0 Å². The summed E-state index contributed by atoms with van der Waals surface area (Å²) in [5.41, 5.74) is 2.17. The van der Waals surface area contributed by atoms with Crippen LogP contribution in [-0.2, 0) is 0 Å². The van der Waals surface area contributed by atoms with Gasteiger partial charge in [-0.3, -0.25) is 4.98 Å². The standard InChI is InChI=1S/C16H14N4O2/c1-11-8-15(22-14-6-5-12(2)20(21)10-14)19-16(18-11)13-4-3-7-17-9-13/h3-10H,1-2H3. The quantitative estimate of drug-likeness (QED) is 0.548. The van der Waals surface area contributed by atoms with Crippen molar-refractivity contribution < 1.29 is 9.47 Å². The molecule has 0 spiro atoms. The summed E-state index contributed by atoms with van der Waals surface area (Å²) in [4.78, 5) is 12.8. The maximum absolute atomic E-state index is 11.6. The molecule has 0 aliphatic rings. The van der Waals surface area contributed by atoms with E-state index in [0.29, 0.717) is 23.1 Å². The molecule has 0 atom stereocenters. The van der Waals surface area contributed by atoms with Crippen LogP contribution in [0.5, 0.6) is 11.6 Å². The van der Waals surface area contributed by atoms with Crippen LogP contribution in [0, 0.1) is 19.1 Å². The molecule has 0 saturated heterocycles. The zero-order valence-corrected chi connectivity index (χ0v) is 12.2. The van der Waals surface area contributed by atoms with E-state index >= 15 is 0 Å². The van der Waals surface area contributed by atoms with Crippen LogP contribution >= 0.6 is 0 Å². The smallest absolute Gasteiger partial charge is 0.223 e. The van der Waals surface area contributed by atoms with E-state index in [2.05, 4.69) is 15.0 Å². The molecule has 3 heterocycles. The van der Waals surface area contributed by atoms with Crippen molar-refractivity contribution in [3.63, 3.8) is 0 Å². The number of aromatic nitrogens is 4. The normalized spacial score (nSPS) is 10.5. The predicted octanol–water partition coefficient (Wildman–Crippen LogP) is 2.58. The molecule has 0 unspecified atom stereocenters. The summed E-state index contributed by atoms with van der Waals surface area (Å²) in [6.07, 6.45) is 4.75. The zero-order valence-electron chi connectivity index (χ0n) is 12.2. The van der Waals surface area contributed by atoms with E-state index in [9.17, 15) is 5.21 Å². The molecule has 0 amide bonds. The van der Waals surface area contributed by atoms with Gasteiger partial charge in [-0.25, -0.2) is 4.98 Å². The van der Waals surface area contributed by atoms with Crippen LogP contribution in [0.4, 0.5) is 0 Å². The summed E-state index contributed by atoms with van der Waals surface area (Å²) < 4.78 is 6.42. The van der Waals surface area contributed by atoms with Gasteiger partial charge < -0.3 is 9.94 Å². The van der Waals surface area contributed by atoms with Crippen molar-refractivity contribution in [1.29, 1.82) is 0 Å². The van der Waals surface area contributed by atoms with E-state index in [-0.39, 0.29) is 0 Å². The molecular weight excluding hydrogens is 280 g/mol. The average molecular weight is 294 g/mol. The molecule has 0 aliphatic heterocycles. The lowest BCUT2D eigenvalue weighted by Crippen LogP contribution is -2.28. The second kappa shape index (κ2) is 5.77. The lowest BCUT2D eigenvalue weighted by Gasteiger charge is -2.08. The molecule has 0 radical (unpaired) electrons. The Morgan fingerprint density at radius 1 is 1.14 bits per heavy atom. The van der Waals surface area contributed by atoms with Gasteiger partial charge in [0.05, 0.1) is 0 Å². The van der Waals surface area contributed by atoms with Crippen LogP contribution in [0.15, 0.2) is 48.9 Å². The Morgan fingerprint density at radius 2 is 2.00 bits per heavy atom. The molecule has 0 N–H and O–H groups in total. The first-order valence-electron chi connectivity index (χ1n) is 6.75. The molecule has 0 bridgehead atoms. The molecule has 3 rings (SSSR count). The van der Waals surface area contributed by atoms with Gasteiger partial charge in [0.2, 0.25) is 12.1 Å². The van der Waals surface area contributed by atoms with Crippen LogP contribution in [0.3, 0.4) is 0 Å². The summed E-state index contributed by atoms with van der Waals surface area (Å²) in [7, 11) is 0. The second-order valence-electron chi connectivity index (χ2n) is 4.85. The third kappa shape index (κ3) is 3.01. The van der Waals surface area contributed by atoms with Gasteiger partial charge in [-0.05, 0) is 25.1 Å². The maximum Gasteiger partial charge on any atom is 0.223 e. The van der Waals surface area contributed by atoms with E-state index in [0.717, 1.165) is 16.0 Å². The number of pyridine rings is 2. The first kappa shape index (κ1) is 13.9. The minimum atomic E-state index is 0.384. The van der Waals surface area contributed by atoms with Crippen molar-refractivity contribution in [1.82, 2.24) is 15.0 Å². The summed E-state index contributed by atoms with van der Waals surface area (Å²) in [6, 6.07) is 8.84. The molecule has 0 aliphatic carbocycles. The molecule has 110 valence electrons. The van der Waals surface area contributed by atoms with Gasteiger partial charge in [0.25, 0.3) is 0 Å². The topological polar surface area (TPSA) is 74.8 Å². The first-order chi connectivity index (χ1) is 10.6. The number of nitrogens with zero attached hydrogens (tertiary/aromatic N) is 4. The second-order valence-corrected chi connectivity index (χ2v) is 4.85. The number of rotatable bonds is 3. The summed E-state index contributed by atoms with van der Waals surface area (Å²) in [6.45, 7) is 3.59. The van der Waals surface area contributed by atoms with Crippen molar-refractivity contribution >= 4 is 0 Å². The van der Waals surface area contributed by atoms with Gasteiger partial charge in [0.15, 0.2) is 17.3 Å². The van der Waals surface area contributed by atoms with Crippen molar-refractivity contribution in [2.75, 3.05) is 0 Å². The van der Waals surface area contributed by atoms with Crippen LogP contribution in [0.1, 0.15) is 11.4 Å². The van der Waals surface area contributed by atoms with Crippen molar-refractivity contribution in [3.05, 3.63) is 65.5 Å². The molecule has 6 heteroatoms. The van der Waals surface area contributed by atoms with Gasteiger partial charge in [0, 0.05) is 42.7 Å². The Morgan fingerprint density at radius 3 is 2.73 bits per heavy atom. The number of hydrogen-bond donors (Lipinski definition) is 0. The largest absolute Gasteiger partial charge is 0.618 e. The molecule has 0 fully saturated rings. The summed E-state index contributed by atoms with van der Waals surface area (Å²) in [5, 5.41) is 11.6. The average Bonchev–Trinajstić information content (AvgIpc) is 2.51. The highest BCUT2D eigenvalue weighted by molar-refractivity contribution is 5.53. The van der Waals surface area contributed by atoms with Crippen LogP contribution < -0.4 is 9.47 Å². The Kier molecular flexibility index (Phi) is 3.65. The zero-order chi connectivity index (χ0) is 15.5. The van der Waals surface area contributed by atoms with Crippen LogP contribution in [0.2, 0.25) is 0 Å². The van der Waals surface area contributed by atoms with Crippen molar-refractivity contribution in [3.8, 4) is 23.0 Å². The third-order valence-corrected chi connectivity index (χ3v) is 3.05. The van der Waals surface area contributed by atoms with Crippen molar-refractivity contribution in [2.45, 2.75) is 13.8 Å². The molecule has 3 aromatic heterocycles. The SMILES string of the molecule is Cc1cc(Oc2ccc(C)[n+]([O-])c2)nc(-c2cccnc2)n1. The lowest BCUT2D eigenvalue weighted by molar-refractivity contribution is -0.612. The Bertz CT molecular complexity index is 806. The molecule has 6 nitrogen and oxygen atoms in total. The summed E-state index contributed by atoms with van der Waals surface area (Å²) >= 11 is 0. The first-order valence-corrected chi connectivity index (χ1v) is 6.75. The number of hydrogen-bond acceptors (Lipinski definition) is 5. The Balaban J connectivity index is 1.94. The molecular formula is C16H14N4O2. The monoisotopic (exact) mass is 294 g/mol.